The summed E-state index contributed by atoms with van der Waals surface area (Å²) in [5.74, 6) is 0.0797. The van der Waals surface area contributed by atoms with E-state index in [1.165, 1.54) is 24.1 Å². The lowest BCUT2D eigenvalue weighted by atomic mass is 10.1. The fraction of sp³-hybridized carbons (Fsp3) is 0.133. The zero-order valence-electron chi connectivity index (χ0n) is 12.4. The molecule has 1 aromatic carbocycles. The van der Waals surface area contributed by atoms with Crippen LogP contribution in [0.3, 0.4) is 0 Å². The molecule has 24 heavy (non-hydrogen) atoms. The first-order valence-corrected chi connectivity index (χ1v) is 6.92. The molecule has 0 fully saturated rings. The fourth-order valence-corrected chi connectivity index (χ4v) is 2.22. The van der Waals surface area contributed by atoms with Gasteiger partial charge in [-0.1, -0.05) is 23.7 Å². The van der Waals surface area contributed by atoms with E-state index < -0.39 is 10.7 Å². The van der Waals surface area contributed by atoms with Crippen molar-refractivity contribution in [1.29, 1.82) is 10.5 Å². The zero-order valence-corrected chi connectivity index (χ0v) is 13.2. The van der Waals surface area contributed by atoms with Crippen molar-refractivity contribution in [2.75, 3.05) is 7.11 Å². The summed E-state index contributed by atoms with van der Waals surface area (Å²) >= 11 is 5.77. The van der Waals surface area contributed by atoms with E-state index >= 15 is 0 Å². The van der Waals surface area contributed by atoms with E-state index in [0.717, 1.165) is 0 Å². The van der Waals surface area contributed by atoms with Crippen molar-refractivity contribution in [2.24, 2.45) is 0 Å². The van der Waals surface area contributed by atoms with Crippen LogP contribution in [0.25, 0.3) is 6.08 Å². The van der Waals surface area contributed by atoms with Crippen molar-refractivity contribution in [3.8, 4) is 17.9 Å². The SMILES string of the molecule is COc1cc(C=C(C#N)C#N)ccc1Cn1cc(Cl)c([N+](=O)[O-])n1. The minimum absolute atomic E-state index is 0.0284. The van der Waals surface area contributed by atoms with Gasteiger partial charge in [-0.05, 0) is 22.6 Å². The molecule has 0 amide bonds. The Balaban J connectivity index is 2.34. The van der Waals surface area contributed by atoms with Crippen LogP contribution in [-0.4, -0.2) is 21.8 Å². The Kier molecular flexibility index (Phi) is 5.15. The molecule has 0 radical (unpaired) electrons. The van der Waals surface area contributed by atoms with Gasteiger partial charge in [0, 0.05) is 5.56 Å². The highest BCUT2D eigenvalue weighted by molar-refractivity contribution is 6.32. The topological polar surface area (TPSA) is 118 Å². The maximum atomic E-state index is 10.8. The van der Waals surface area contributed by atoms with E-state index in [1.54, 1.807) is 30.3 Å². The highest BCUT2D eigenvalue weighted by Crippen LogP contribution is 2.25. The first-order valence-electron chi connectivity index (χ1n) is 6.54. The molecule has 0 bridgehead atoms. The molecule has 2 rings (SSSR count). The average Bonchev–Trinajstić information content (AvgIpc) is 2.94. The largest absolute Gasteiger partial charge is 0.496 e. The van der Waals surface area contributed by atoms with Gasteiger partial charge >= 0.3 is 5.82 Å². The van der Waals surface area contributed by atoms with E-state index in [1.807, 2.05) is 0 Å². The van der Waals surface area contributed by atoms with Crippen molar-refractivity contribution in [3.63, 3.8) is 0 Å². The van der Waals surface area contributed by atoms with Crippen LogP contribution in [0.2, 0.25) is 5.02 Å². The Bertz CT molecular complexity index is 889. The second-order valence-corrected chi connectivity index (χ2v) is 5.02. The number of hydrogen-bond acceptors (Lipinski definition) is 6. The van der Waals surface area contributed by atoms with Gasteiger partial charge in [-0.2, -0.15) is 15.2 Å². The van der Waals surface area contributed by atoms with Crippen molar-refractivity contribution in [3.05, 3.63) is 56.2 Å². The molecule has 0 spiro atoms. The van der Waals surface area contributed by atoms with Crippen molar-refractivity contribution < 1.29 is 9.66 Å². The Hall–Kier alpha value is -3.36. The lowest BCUT2D eigenvalue weighted by molar-refractivity contribution is -0.389. The maximum Gasteiger partial charge on any atom is 0.408 e. The number of nitro groups is 1. The summed E-state index contributed by atoms with van der Waals surface area (Å²) in [6.07, 6.45) is 2.79. The molecule has 1 aromatic heterocycles. The van der Waals surface area contributed by atoms with Gasteiger partial charge in [-0.15, -0.1) is 0 Å². The first kappa shape index (κ1) is 17.0. The molecule has 2 aromatic rings. The molecule has 1 heterocycles. The van der Waals surface area contributed by atoms with Crippen LogP contribution in [0.5, 0.6) is 5.75 Å². The number of ether oxygens (including phenoxy) is 1. The van der Waals surface area contributed by atoms with Crippen LogP contribution in [0.1, 0.15) is 11.1 Å². The van der Waals surface area contributed by atoms with Crippen LogP contribution in [-0.2, 0) is 6.54 Å². The number of nitrogens with zero attached hydrogens (tertiary/aromatic N) is 5. The number of benzene rings is 1. The highest BCUT2D eigenvalue weighted by atomic mass is 35.5. The third-order valence-electron chi connectivity index (χ3n) is 3.07. The molecule has 120 valence electrons. The van der Waals surface area contributed by atoms with E-state index in [9.17, 15) is 10.1 Å². The number of methoxy groups -OCH3 is 1. The van der Waals surface area contributed by atoms with Gasteiger partial charge in [0.1, 0.15) is 23.5 Å². The number of halogens is 1. The molecule has 0 N–H and O–H groups in total. The van der Waals surface area contributed by atoms with Crippen LogP contribution in [0.15, 0.2) is 30.0 Å². The molecule has 0 atom stereocenters. The molecular weight excluding hydrogens is 334 g/mol. The Morgan fingerprint density at radius 3 is 2.75 bits per heavy atom. The van der Waals surface area contributed by atoms with Gasteiger partial charge < -0.3 is 14.9 Å². The standard InChI is InChI=1S/C15H10ClN5O3/c1-24-14-5-10(4-11(6-17)7-18)2-3-12(14)8-20-9-13(16)15(19-20)21(22)23/h2-5,9H,8H2,1H3. The van der Waals surface area contributed by atoms with Crippen LogP contribution < -0.4 is 4.74 Å². The smallest absolute Gasteiger partial charge is 0.408 e. The number of nitriles is 2. The van der Waals surface area contributed by atoms with Crippen LogP contribution in [0, 0.1) is 32.8 Å². The average molecular weight is 344 g/mol. The molecule has 9 heteroatoms. The van der Waals surface area contributed by atoms with Gasteiger partial charge in [-0.25, -0.2) is 0 Å². The fourth-order valence-electron chi connectivity index (χ4n) is 2.00. The summed E-state index contributed by atoms with van der Waals surface area (Å²) in [5, 5.41) is 32.1. The molecule has 0 unspecified atom stereocenters. The molecule has 0 saturated heterocycles. The van der Waals surface area contributed by atoms with E-state index in [0.29, 0.717) is 16.9 Å². The summed E-state index contributed by atoms with van der Waals surface area (Å²) < 4.78 is 6.63. The molecule has 8 nitrogen and oxygen atoms in total. The highest BCUT2D eigenvalue weighted by Gasteiger charge is 2.19. The second kappa shape index (κ2) is 7.27. The van der Waals surface area contributed by atoms with Crippen LogP contribution in [0.4, 0.5) is 5.82 Å². The van der Waals surface area contributed by atoms with Gasteiger partial charge in [0.25, 0.3) is 0 Å². The summed E-state index contributed by atoms with van der Waals surface area (Å²) in [5.41, 5.74) is 1.30. The van der Waals surface area contributed by atoms with Crippen molar-refractivity contribution >= 4 is 23.5 Å². The van der Waals surface area contributed by atoms with Gasteiger partial charge in [0.2, 0.25) is 0 Å². The number of hydrogen-bond donors (Lipinski definition) is 0. The first-order chi connectivity index (χ1) is 11.5. The van der Waals surface area contributed by atoms with Crippen molar-refractivity contribution in [2.45, 2.75) is 6.54 Å². The number of rotatable bonds is 5. The van der Waals surface area contributed by atoms with Crippen molar-refractivity contribution in [1.82, 2.24) is 9.78 Å². The molecule has 0 aliphatic heterocycles. The molecule has 0 aliphatic rings. The maximum absolute atomic E-state index is 10.8. The minimum atomic E-state index is -0.657. The van der Waals surface area contributed by atoms with E-state index in [2.05, 4.69) is 5.10 Å². The predicted molar refractivity (Wildman–Crippen MR) is 85.2 cm³/mol. The lowest BCUT2D eigenvalue weighted by Gasteiger charge is -2.08. The number of aromatic nitrogens is 2. The quantitative estimate of drug-likeness (QED) is 0.468. The Morgan fingerprint density at radius 2 is 2.21 bits per heavy atom. The molecule has 0 saturated carbocycles. The Labute approximate surface area is 141 Å². The Morgan fingerprint density at radius 1 is 1.50 bits per heavy atom. The van der Waals surface area contributed by atoms with Gasteiger partial charge in [-0.3, -0.25) is 0 Å². The lowest BCUT2D eigenvalue weighted by Crippen LogP contribution is -2.03. The van der Waals surface area contributed by atoms with Gasteiger partial charge in [0.15, 0.2) is 5.02 Å². The van der Waals surface area contributed by atoms with E-state index in [4.69, 9.17) is 26.9 Å². The zero-order chi connectivity index (χ0) is 17.7. The summed E-state index contributed by atoms with van der Waals surface area (Å²) in [4.78, 5) is 10.1. The minimum Gasteiger partial charge on any atom is -0.496 e. The van der Waals surface area contributed by atoms with E-state index in [-0.39, 0.29) is 17.1 Å². The summed E-state index contributed by atoms with van der Waals surface area (Å²) in [7, 11) is 1.47. The molecular formula is C15H10ClN5O3. The van der Waals surface area contributed by atoms with Gasteiger partial charge in [0.05, 0.1) is 25.0 Å². The third kappa shape index (κ3) is 3.69. The normalized spacial score (nSPS) is 9.67. The molecule has 0 aliphatic carbocycles. The summed E-state index contributed by atoms with van der Waals surface area (Å²) in [6, 6.07) is 8.63. The summed E-state index contributed by atoms with van der Waals surface area (Å²) in [6.45, 7) is 0.212. The third-order valence-corrected chi connectivity index (χ3v) is 3.33. The predicted octanol–water partition coefficient (Wildman–Crippen LogP) is 2.93. The second-order valence-electron chi connectivity index (χ2n) is 4.61. The monoisotopic (exact) mass is 343 g/mol. The van der Waals surface area contributed by atoms with Crippen LogP contribution >= 0.6 is 11.6 Å². The number of allylic oxidation sites excluding steroid dienone is 1.